The van der Waals surface area contributed by atoms with Gasteiger partial charge in [0.25, 0.3) is 5.69 Å². The zero-order valence-electron chi connectivity index (χ0n) is 7.94. The number of hydrogen-bond donors (Lipinski definition) is 0. The second-order valence-electron chi connectivity index (χ2n) is 2.95. The van der Waals surface area contributed by atoms with Gasteiger partial charge in [0.1, 0.15) is 0 Å². The van der Waals surface area contributed by atoms with Gasteiger partial charge >= 0.3 is 0 Å². The first-order valence-corrected chi connectivity index (χ1v) is 6.70. The van der Waals surface area contributed by atoms with Crippen molar-refractivity contribution in [3.63, 3.8) is 0 Å². The fourth-order valence-electron chi connectivity index (χ4n) is 0.981. The number of nitro groups is 1. The molecular formula is C9H9ClINO2S. The minimum atomic E-state index is -0.356. The minimum Gasteiger partial charge on any atom is -0.258 e. The first-order chi connectivity index (χ1) is 7.04. The Hall–Kier alpha value is -0.0100. The summed E-state index contributed by atoms with van der Waals surface area (Å²) < 4.78 is 0.863. The van der Waals surface area contributed by atoms with Crippen LogP contribution in [0.5, 0.6) is 0 Å². The first kappa shape index (κ1) is 13.1. The maximum absolute atomic E-state index is 10.8. The number of hydrogen-bond acceptors (Lipinski definition) is 3. The topological polar surface area (TPSA) is 43.1 Å². The minimum absolute atomic E-state index is 0.156. The van der Waals surface area contributed by atoms with Gasteiger partial charge in [0.2, 0.25) is 0 Å². The number of benzene rings is 1. The van der Waals surface area contributed by atoms with E-state index >= 15 is 0 Å². The average molecular weight is 358 g/mol. The predicted octanol–water partition coefficient (Wildman–Crippen LogP) is 3.92. The number of nitro benzene ring substituents is 1. The van der Waals surface area contributed by atoms with Crippen molar-refractivity contribution in [3.8, 4) is 0 Å². The molecule has 6 heteroatoms. The summed E-state index contributed by atoms with van der Waals surface area (Å²) in [6, 6.07) is 5.20. The van der Waals surface area contributed by atoms with E-state index < -0.39 is 0 Å². The highest BCUT2D eigenvalue weighted by molar-refractivity contribution is 14.1. The fourth-order valence-corrected chi connectivity index (χ4v) is 2.54. The molecular weight excluding hydrogens is 349 g/mol. The van der Waals surface area contributed by atoms with Crippen molar-refractivity contribution in [1.82, 2.24) is 0 Å². The summed E-state index contributed by atoms with van der Waals surface area (Å²) in [5.74, 6) is 0.480. The Morgan fingerprint density at radius 1 is 1.67 bits per heavy atom. The summed E-state index contributed by atoms with van der Waals surface area (Å²) in [4.78, 5) is 11.1. The SMILES string of the molecule is CC(CCl)Sc1ccc(I)cc1[N+](=O)[O-]. The molecule has 1 aromatic rings. The normalized spacial score (nSPS) is 12.5. The van der Waals surface area contributed by atoms with Gasteiger partial charge in [-0.3, -0.25) is 10.1 Å². The smallest absolute Gasteiger partial charge is 0.258 e. The van der Waals surface area contributed by atoms with Gasteiger partial charge in [-0.15, -0.1) is 23.4 Å². The van der Waals surface area contributed by atoms with Crippen molar-refractivity contribution in [2.75, 3.05) is 5.88 Å². The van der Waals surface area contributed by atoms with Crippen LogP contribution in [0.4, 0.5) is 5.69 Å². The number of nitrogens with zero attached hydrogens (tertiary/aromatic N) is 1. The van der Waals surface area contributed by atoms with Crippen molar-refractivity contribution in [2.45, 2.75) is 17.1 Å². The molecule has 1 unspecified atom stereocenters. The Bertz CT molecular complexity index is 375. The third-order valence-corrected chi connectivity index (χ3v) is 4.15. The Morgan fingerprint density at radius 2 is 2.33 bits per heavy atom. The average Bonchev–Trinajstić information content (AvgIpc) is 2.20. The molecule has 0 heterocycles. The molecule has 0 saturated carbocycles. The van der Waals surface area contributed by atoms with Gasteiger partial charge in [0.05, 0.1) is 9.82 Å². The molecule has 3 nitrogen and oxygen atoms in total. The lowest BCUT2D eigenvalue weighted by Gasteiger charge is -2.07. The predicted molar refractivity (Wildman–Crippen MR) is 71.9 cm³/mol. The standard InChI is InChI=1S/C9H9ClINO2S/c1-6(5-10)15-9-3-2-7(11)4-8(9)12(13)14/h2-4,6H,5H2,1H3. The second kappa shape index (κ2) is 5.91. The fraction of sp³-hybridized carbons (Fsp3) is 0.333. The molecule has 1 atom stereocenters. The molecule has 0 bridgehead atoms. The van der Waals surface area contributed by atoms with Crippen LogP contribution in [0.15, 0.2) is 23.1 Å². The van der Waals surface area contributed by atoms with E-state index in [9.17, 15) is 10.1 Å². The third-order valence-electron chi connectivity index (χ3n) is 1.66. The van der Waals surface area contributed by atoms with Gasteiger partial charge < -0.3 is 0 Å². The second-order valence-corrected chi connectivity index (χ2v) is 5.99. The summed E-state index contributed by atoms with van der Waals surface area (Å²) in [5, 5.41) is 11.0. The molecule has 0 radical (unpaired) electrons. The Labute approximate surface area is 111 Å². The summed E-state index contributed by atoms with van der Waals surface area (Å²) >= 11 is 9.16. The van der Waals surface area contributed by atoms with Crippen molar-refractivity contribution in [2.24, 2.45) is 0 Å². The van der Waals surface area contributed by atoms with Crippen molar-refractivity contribution < 1.29 is 4.92 Å². The van der Waals surface area contributed by atoms with E-state index in [0.717, 1.165) is 3.57 Å². The molecule has 0 spiro atoms. The molecule has 1 rings (SSSR count). The van der Waals surface area contributed by atoms with Crippen molar-refractivity contribution in [3.05, 3.63) is 31.9 Å². The van der Waals surface area contributed by atoms with E-state index in [2.05, 4.69) is 22.6 Å². The van der Waals surface area contributed by atoms with E-state index in [4.69, 9.17) is 11.6 Å². The maximum atomic E-state index is 10.8. The van der Waals surface area contributed by atoms with Crippen LogP contribution in [0.1, 0.15) is 6.92 Å². The molecule has 15 heavy (non-hydrogen) atoms. The monoisotopic (exact) mass is 357 g/mol. The van der Waals surface area contributed by atoms with Crippen LogP contribution < -0.4 is 0 Å². The molecule has 82 valence electrons. The Balaban J connectivity index is 3.01. The van der Waals surface area contributed by atoms with E-state index in [0.29, 0.717) is 10.8 Å². The van der Waals surface area contributed by atoms with Crippen LogP contribution >= 0.6 is 46.0 Å². The Kier molecular flexibility index (Phi) is 5.14. The van der Waals surface area contributed by atoms with E-state index in [1.165, 1.54) is 11.8 Å². The molecule has 0 aliphatic carbocycles. The molecule has 0 aliphatic heterocycles. The molecule has 0 saturated heterocycles. The lowest BCUT2D eigenvalue weighted by Crippen LogP contribution is -1.99. The summed E-state index contributed by atoms with van der Waals surface area (Å²) in [5.41, 5.74) is 0.156. The number of rotatable bonds is 4. The zero-order valence-corrected chi connectivity index (χ0v) is 11.7. The van der Waals surface area contributed by atoms with Crippen LogP contribution in [0, 0.1) is 13.7 Å². The van der Waals surface area contributed by atoms with Crippen molar-refractivity contribution in [1.29, 1.82) is 0 Å². The molecule has 0 amide bonds. The largest absolute Gasteiger partial charge is 0.283 e. The van der Waals surface area contributed by atoms with Gasteiger partial charge in [0.15, 0.2) is 0 Å². The Morgan fingerprint density at radius 3 is 2.87 bits per heavy atom. The van der Waals surface area contributed by atoms with Crippen LogP contribution in [0.25, 0.3) is 0 Å². The number of alkyl halides is 1. The maximum Gasteiger partial charge on any atom is 0.283 e. The van der Waals surface area contributed by atoms with Crippen LogP contribution in [0.3, 0.4) is 0 Å². The summed E-state index contributed by atoms with van der Waals surface area (Å²) in [6.45, 7) is 1.94. The molecule has 0 aromatic heterocycles. The molecule has 0 N–H and O–H groups in total. The quantitative estimate of drug-likeness (QED) is 0.270. The third kappa shape index (κ3) is 3.81. The van der Waals surface area contributed by atoms with Gasteiger partial charge in [-0.25, -0.2) is 0 Å². The van der Waals surface area contributed by atoms with E-state index in [-0.39, 0.29) is 15.9 Å². The van der Waals surface area contributed by atoms with Gasteiger partial charge in [-0.1, -0.05) is 6.92 Å². The highest BCUT2D eigenvalue weighted by Crippen LogP contribution is 2.33. The number of halogens is 2. The van der Waals surface area contributed by atoms with Gasteiger partial charge in [-0.05, 0) is 34.7 Å². The first-order valence-electron chi connectivity index (χ1n) is 4.21. The lowest BCUT2D eigenvalue weighted by molar-refractivity contribution is -0.387. The highest BCUT2D eigenvalue weighted by Gasteiger charge is 2.16. The molecule has 0 aliphatic rings. The molecule has 0 fully saturated rings. The molecule has 1 aromatic carbocycles. The van der Waals surface area contributed by atoms with E-state index in [1.54, 1.807) is 12.1 Å². The summed E-state index contributed by atoms with van der Waals surface area (Å²) in [6.07, 6.45) is 0. The van der Waals surface area contributed by atoms with Crippen LogP contribution in [0.2, 0.25) is 0 Å². The lowest BCUT2D eigenvalue weighted by atomic mass is 10.3. The van der Waals surface area contributed by atoms with E-state index in [1.807, 2.05) is 13.0 Å². The summed E-state index contributed by atoms with van der Waals surface area (Å²) in [7, 11) is 0. The zero-order chi connectivity index (χ0) is 11.4. The van der Waals surface area contributed by atoms with Crippen LogP contribution in [-0.4, -0.2) is 16.1 Å². The van der Waals surface area contributed by atoms with Gasteiger partial charge in [-0.2, -0.15) is 0 Å². The highest BCUT2D eigenvalue weighted by atomic mass is 127. The van der Waals surface area contributed by atoms with Gasteiger partial charge in [0, 0.05) is 20.8 Å². The van der Waals surface area contributed by atoms with Crippen molar-refractivity contribution >= 4 is 51.6 Å². The number of thioether (sulfide) groups is 1. The van der Waals surface area contributed by atoms with Crippen LogP contribution in [-0.2, 0) is 0 Å².